The Balaban J connectivity index is 1.71. The number of hydrogen-bond donors (Lipinski definition) is 2. The van der Waals surface area contributed by atoms with Gasteiger partial charge in [0.1, 0.15) is 5.82 Å². The average molecular weight is 366 g/mol. The first-order chi connectivity index (χ1) is 12.0. The fourth-order valence-electron chi connectivity index (χ4n) is 1.76. The van der Waals surface area contributed by atoms with Crippen molar-refractivity contribution in [2.24, 2.45) is 0 Å². The normalized spacial score (nSPS) is 11.4. The number of furan rings is 1. The standard InChI is InChI=1S/C16H16ClN3O5/c1-10(15(22)20-13-5-4-11(17)9-19-13)25-14(21)6-7-18-16(23)12-3-2-8-24-12/h2-5,8-10H,6-7H2,1H3,(H,18,23)(H,19,20,22)/t10-/m1/s1. The first-order valence-electron chi connectivity index (χ1n) is 7.39. The molecular formula is C16H16ClN3O5. The summed E-state index contributed by atoms with van der Waals surface area (Å²) < 4.78 is 9.92. The molecule has 2 aromatic rings. The van der Waals surface area contributed by atoms with Gasteiger partial charge in [0.05, 0.1) is 17.7 Å². The number of esters is 1. The lowest BCUT2D eigenvalue weighted by atomic mass is 10.3. The maximum Gasteiger partial charge on any atom is 0.308 e. The number of nitrogens with zero attached hydrogens (tertiary/aromatic N) is 1. The minimum absolute atomic E-state index is 0.0610. The van der Waals surface area contributed by atoms with Crippen molar-refractivity contribution in [3.8, 4) is 0 Å². The van der Waals surface area contributed by atoms with E-state index in [1.807, 2.05) is 0 Å². The van der Waals surface area contributed by atoms with E-state index < -0.39 is 23.9 Å². The summed E-state index contributed by atoms with van der Waals surface area (Å²) in [6, 6.07) is 6.19. The van der Waals surface area contributed by atoms with Gasteiger partial charge in [-0.05, 0) is 31.2 Å². The van der Waals surface area contributed by atoms with E-state index in [4.69, 9.17) is 20.8 Å². The van der Waals surface area contributed by atoms with Gasteiger partial charge in [-0.1, -0.05) is 11.6 Å². The van der Waals surface area contributed by atoms with Crippen LogP contribution in [-0.2, 0) is 14.3 Å². The monoisotopic (exact) mass is 365 g/mol. The van der Waals surface area contributed by atoms with Crippen LogP contribution in [0.25, 0.3) is 0 Å². The molecule has 9 heteroatoms. The topological polar surface area (TPSA) is 111 Å². The number of rotatable bonds is 7. The van der Waals surface area contributed by atoms with Gasteiger partial charge < -0.3 is 19.8 Å². The summed E-state index contributed by atoms with van der Waals surface area (Å²) in [5.41, 5.74) is 0. The van der Waals surface area contributed by atoms with Crippen LogP contribution in [0, 0.1) is 0 Å². The largest absolute Gasteiger partial charge is 0.459 e. The lowest BCUT2D eigenvalue weighted by molar-refractivity contribution is -0.153. The highest BCUT2D eigenvalue weighted by Gasteiger charge is 2.18. The maximum atomic E-state index is 11.9. The van der Waals surface area contributed by atoms with Crippen molar-refractivity contribution in [3.63, 3.8) is 0 Å². The molecule has 2 rings (SSSR count). The van der Waals surface area contributed by atoms with E-state index in [0.717, 1.165) is 0 Å². The Bertz CT molecular complexity index is 731. The molecule has 0 aliphatic heterocycles. The molecule has 2 aromatic heterocycles. The SMILES string of the molecule is C[C@@H](OC(=O)CCNC(=O)c1ccco1)C(=O)Nc1ccc(Cl)cn1. The van der Waals surface area contributed by atoms with Gasteiger partial charge in [0.2, 0.25) is 0 Å². The molecule has 1 atom stereocenters. The first-order valence-corrected chi connectivity index (χ1v) is 7.77. The van der Waals surface area contributed by atoms with Crippen LogP contribution in [0.15, 0.2) is 41.1 Å². The molecule has 0 aliphatic carbocycles. The van der Waals surface area contributed by atoms with Crippen molar-refractivity contribution in [3.05, 3.63) is 47.5 Å². The van der Waals surface area contributed by atoms with Crippen LogP contribution in [0.5, 0.6) is 0 Å². The van der Waals surface area contributed by atoms with E-state index in [2.05, 4.69) is 15.6 Å². The number of halogens is 1. The lowest BCUT2D eigenvalue weighted by Crippen LogP contribution is -2.32. The minimum atomic E-state index is -1.01. The van der Waals surface area contributed by atoms with E-state index in [1.54, 1.807) is 12.1 Å². The van der Waals surface area contributed by atoms with Gasteiger partial charge in [0, 0.05) is 12.7 Å². The van der Waals surface area contributed by atoms with Gasteiger partial charge in [-0.25, -0.2) is 4.98 Å². The molecule has 0 unspecified atom stereocenters. The molecule has 0 aliphatic rings. The molecule has 0 radical (unpaired) electrons. The zero-order valence-corrected chi connectivity index (χ0v) is 14.1. The number of ether oxygens (including phenoxy) is 1. The van der Waals surface area contributed by atoms with E-state index in [9.17, 15) is 14.4 Å². The molecule has 25 heavy (non-hydrogen) atoms. The Hall–Kier alpha value is -2.87. The Morgan fingerprint density at radius 3 is 2.76 bits per heavy atom. The fraction of sp³-hybridized carbons (Fsp3) is 0.250. The number of carbonyl (C=O) groups excluding carboxylic acids is 3. The summed E-state index contributed by atoms with van der Waals surface area (Å²) in [6.45, 7) is 1.50. The van der Waals surface area contributed by atoms with Gasteiger partial charge in [-0.2, -0.15) is 0 Å². The van der Waals surface area contributed by atoms with Crippen molar-refractivity contribution < 1.29 is 23.5 Å². The predicted octanol–water partition coefficient (Wildman–Crippen LogP) is 2.02. The molecule has 0 fully saturated rings. The van der Waals surface area contributed by atoms with Crippen molar-refractivity contribution in [1.29, 1.82) is 0 Å². The number of nitrogens with one attached hydrogen (secondary N) is 2. The summed E-state index contributed by atoms with van der Waals surface area (Å²) in [7, 11) is 0. The number of anilines is 1. The van der Waals surface area contributed by atoms with Gasteiger partial charge in [0.25, 0.3) is 11.8 Å². The van der Waals surface area contributed by atoms with Crippen LogP contribution in [0.2, 0.25) is 5.02 Å². The number of carbonyl (C=O) groups is 3. The number of hydrogen-bond acceptors (Lipinski definition) is 6. The van der Waals surface area contributed by atoms with Crippen molar-refractivity contribution in [2.45, 2.75) is 19.4 Å². The zero-order valence-electron chi connectivity index (χ0n) is 13.3. The van der Waals surface area contributed by atoms with Gasteiger partial charge in [0.15, 0.2) is 11.9 Å². The smallest absolute Gasteiger partial charge is 0.308 e. The summed E-state index contributed by atoms with van der Waals surface area (Å²) >= 11 is 5.70. The van der Waals surface area contributed by atoms with Crippen LogP contribution in [0.1, 0.15) is 23.9 Å². The molecule has 8 nitrogen and oxygen atoms in total. The third-order valence-electron chi connectivity index (χ3n) is 3.02. The van der Waals surface area contributed by atoms with Crippen LogP contribution in [0.4, 0.5) is 5.82 Å². The highest BCUT2D eigenvalue weighted by molar-refractivity contribution is 6.30. The van der Waals surface area contributed by atoms with Crippen LogP contribution in [0.3, 0.4) is 0 Å². The Morgan fingerprint density at radius 1 is 1.32 bits per heavy atom. The van der Waals surface area contributed by atoms with Gasteiger partial charge in [-0.3, -0.25) is 14.4 Å². The quantitative estimate of drug-likeness (QED) is 0.726. The number of amides is 2. The van der Waals surface area contributed by atoms with Crippen molar-refractivity contribution in [2.75, 3.05) is 11.9 Å². The molecule has 0 bridgehead atoms. The molecule has 0 saturated carbocycles. The van der Waals surface area contributed by atoms with E-state index in [0.29, 0.717) is 10.8 Å². The molecule has 2 N–H and O–H groups in total. The second-order valence-corrected chi connectivity index (χ2v) is 5.40. The highest BCUT2D eigenvalue weighted by Crippen LogP contribution is 2.10. The molecule has 132 valence electrons. The fourth-order valence-corrected chi connectivity index (χ4v) is 1.87. The maximum absolute atomic E-state index is 11.9. The van der Waals surface area contributed by atoms with Crippen molar-refractivity contribution in [1.82, 2.24) is 10.3 Å². The number of pyridine rings is 1. The van der Waals surface area contributed by atoms with E-state index in [1.165, 1.54) is 31.5 Å². The van der Waals surface area contributed by atoms with Crippen LogP contribution >= 0.6 is 11.6 Å². The summed E-state index contributed by atoms with van der Waals surface area (Å²) in [5, 5.41) is 5.45. The first kappa shape index (κ1) is 18.5. The Kier molecular flexibility index (Phi) is 6.53. The van der Waals surface area contributed by atoms with E-state index >= 15 is 0 Å². The third kappa shape index (κ3) is 5.92. The van der Waals surface area contributed by atoms with Crippen LogP contribution < -0.4 is 10.6 Å². The Morgan fingerprint density at radius 2 is 2.12 bits per heavy atom. The molecule has 0 saturated heterocycles. The molecular weight excluding hydrogens is 350 g/mol. The van der Waals surface area contributed by atoms with Gasteiger partial charge >= 0.3 is 5.97 Å². The highest BCUT2D eigenvalue weighted by atomic mass is 35.5. The molecule has 0 aromatic carbocycles. The average Bonchev–Trinajstić information content (AvgIpc) is 3.11. The number of aromatic nitrogens is 1. The summed E-state index contributed by atoms with van der Waals surface area (Å²) in [6.07, 6.45) is 1.67. The summed E-state index contributed by atoms with van der Waals surface area (Å²) in [4.78, 5) is 39.2. The predicted molar refractivity (Wildman–Crippen MR) is 89.1 cm³/mol. The molecule has 2 heterocycles. The van der Waals surface area contributed by atoms with Crippen LogP contribution in [-0.4, -0.2) is 35.4 Å². The van der Waals surface area contributed by atoms with Crippen molar-refractivity contribution >= 4 is 35.2 Å². The zero-order chi connectivity index (χ0) is 18.2. The Labute approximate surface area is 148 Å². The van der Waals surface area contributed by atoms with E-state index in [-0.39, 0.29) is 18.7 Å². The third-order valence-corrected chi connectivity index (χ3v) is 3.24. The second kappa shape index (κ2) is 8.84. The lowest BCUT2D eigenvalue weighted by Gasteiger charge is -2.13. The minimum Gasteiger partial charge on any atom is -0.459 e. The molecule has 2 amide bonds. The molecule has 0 spiro atoms. The second-order valence-electron chi connectivity index (χ2n) is 4.97. The summed E-state index contributed by atoms with van der Waals surface area (Å²) in [5.74, 6) is -1.13. The van der Waals surface area contributed by atoms with Gasteiger partial charge in [-0.15, -0.1) is 0 Å².